The Bertz CT molecular complexity index is 569. The molecule has 1 heterocycles. The molecule has 1 aromatic carbocycles. The number of halogens is 1. The second kappa shape index (κ2) is 6.21. The Balaban J connectivity index is 2.55. The normalized spacial score (nSPS) is 10.9. The summed E-state index contributed by atoms with van der Waals surface area (Å²) in [6.07, 6.45) is 2.43. The van der Waals surface area contributed by atoms with Gasteiger partial charge in [0.05, 0.1) is 23.1 Å². The fourth-order valence-corrected chi connectivity index (χ4v) is 2.57. The number of rotatable bonds is 5. The Hall–Kier alpha value is -1.33. The molecule has 1 aromatic heterocycles. The van der Waals surface area contributed by atoms with E-state index in [1.165, 1.54) is 0 Å². The highest BCUT2D eigenvalue weighted by Crippen LogP contribution is 2.33. The molecule has 0 spiro atoms. The number of nitrogen functional groups attached to an aromatic ring is 1. The van der Waals surface area contributed by atoms with Crippen molar-refractivity contribution in [3.05, 3.63) is 28.9 Å². The molecule has 5 heteroatoms. The van der Waals surface area contributed by atoms with Gasteiger partial charge in [-0.15, -0.1) is 0 Å². The number of aliphatic hydroxyl groups is 1. The summed E-state index contributed by atoms with van der Waals surface area (Å²) in [5.41, 5.74) is 8.70. The summed E-state index contributed by atoms with van der Waals surface area (Å²) < 4.78 is 1.01. The summed E-state index contributed by atoms with van der Waals surface area (Å²) >= 11 is 3.49. The predicted molar refractivity (Wildman–Crippen MR) is 83.4 cm³/mol. The smallest absolute Gasteiger partial charge is 0.0745 e. The third kappa shape index (κ3) is 2.98. The second-order valence-corrected chi connectivity index (χ2v) is 5.30. The molecule has 3 N–H and O–H groups in total. The number of nitrogens with zero attached hydrogens (tertiary/aromatic N) is 2. The lowest BCUT2D eigenvalue weighted by Crippen LogP contribution is -2.26. The van der Waals surface area contributed by atoms with Crippen LogP contribution in [-0.2, 0) is 0 Å². The third-order valence-electron chi connectivity index (χ3n) is 3.11. The lowest BCUT2D eigenvalue weighted by molar-refractivity contribution is 0.289. The molecule has 102 valence electrons. The lowest BCUT2D eigenvalue weighted by Gasteiger charge is -2.25. The Morgan fingerprint density at radius 3 is 2.89 bits per heavy atom. The van der Waals surface area contributed by atoms with Crippen LogP contribution in [0.4, 0.5) is 11.4 Å². The van der Waals surface area contributed by atoms with Crippen LogP contribution in [0.3, 0.4) is 0 Å². The first kappa shape index (κ1) is 14.1. The molecule has 0 bridgehead atoms. The van der Waals surface area contributed by atoms with Crippen LogP contribution in [0.15, 0.2) is 28.9 Å². The van der Waals surface area contributed by atoms with E-state index < -0.39 is 0 Å². The molecule has 0 radical (unpaired) electrons. The number of aromatic nitrogens is 1. The topological polar surface area (TPSA) is 62.4 Å². The van der Waals surface area contributed by atoms with Gasteiger partial charge in [0.1, 0.15) is 0 Å². The Labute approximate surface area is 121 Å². The molecular weight excluding hydrogens is 306 g/mol. The summed E-state index contributed by atoms with van der Waals surface area (Å²) in [5.74, 6) is 0. The quantitative estimate of drug-likeness (QED) is 0.888. The number of aliphatic hydroxyl groups excluding tert-OH is 1. The van der Waals surface area contributed by atoms with Crippen LogP contribution in [0.2, 0.25) is 0 Å². The fourth-order valence-electron chi connectivity index (χ4n) is 2.21. The minimum atomic E-state index is 0.184. The van der Waals surface area contributed by atoms with Crippen LogP contribution in [0.1, 0.15) is 13.3 Å². The van der Waals surface area contributed by atoms with Gasteiger partial charge in [-0.3, -0.25) is 4.98 Å². The Morgan fingerprint density at radius 1 is 1.42 bits per heavy atom. The van der Waals surface area contributed by atoms with Crippen molar-refractivity contribution in [2.45, 2.75) is 13.3 Å². The van der Waals surface area contributed by atoms with E-state index in [-0.39, 0.29) is 6.61 Å². The molecule has 0 aliphatic carbocycles. The van der Waals surface area contributed by atoms with Gasteiger partial charge in [-0.2, -0.15) is 0 Å². The van der Waals surface area contributed by atoms with Crippen molar-refractivity contribution in [1.29, 1.82) is 0 Å². The van der Waals surface area contributed by atoms with E-state index in [4.69, 9.17) is 10.8 Å². The maximum atomic E-state index is 9.01. The first-order chi connectivity index (χ1) is 9.17. The number of hydrogen-bond donors (Lipinski definition) is 2. The molecule has 0 saturated carbocycles. The van der Waals surface area contributed by atoms with Crippen molar-refractivity contribution in [2.75, 3.05) is 30.3 Å². The number of hydrogen-bond acceptors (Lipinski definition) is 4. The zero-order valence-electron chi connectivity index (χ0n) is 10.9. The highest BCUT2D eigenvalue weighted by molar-refractivity contribution is 9.10. The molecular formula is C14H18BrN3O. The van der Waals surface area contributed by atoms with Crippen molar-refractivity contribution >= 4 is 38.2 Å². The first-order valence-electron chi connectivity index (χ1n) is 6.37. The van der Waals surface area contributed by atoms with Gasteiger partial charge < -0.3 is 15.7 Å². The van der Waals surface area contributed by atoms with Crippen molar-refractivity contribution in [3.8, 4) is 0 Å². The molecule has 0 saturated heterocycles. The molecule has 0 unspecified atom stereocenters. The zero-order chi connectivity index (χ0) is 13.8. The van der Waals surface area contributed by atoms with Crippen LogP contribution < -0.4 is 10.6 Å². The van der Waals surface area contributed by atoms with Gasteiger partial charge in [0.25, 0.3) is 0 Å². The minimum absolute atomic E-state index is 0.184. The molecule has 2 rings (SSSR count). The second-order valence-electron chi connectivity index (χ2n) is 4.38. The minimum Gasteiger partial charge on any atom is -0.396 e. The first-order valence-corrected chi connectivity index (χ1v) is 7.16. The average Bonchev–Trinajstić information content (AvgIpc) is 2.41. The number of benzene rings is 1. The van der Waals surface area contributed by atoms with Crippen LogP contribution in [0, 0.1) is 0 Å². The molecule has 19 heavy (non-hydrogen) atoms. The van der Waals surface area contributed by atoms with Crippen LogP contribution in [-0.4, -0.2) is 29.8 Å². The number of nitrogens with two attached hydrogens (primary N) is 1. The van der Waals surface area contributed by atoms with Gasteiger partial charge >= 0.3 is 0 Å². The van der Waals surface area contributed by atoms with Gasteiger partial charge in [0.2, 0.25) is 0 Å². The monoisotopic (exact) mass is 323 g/mol. The summed E-state index contributed by atoms with van der Waals surface area (Å²) in [4.78, 5) is 6.54. The zero-order valence-corrected chi connectivity index (χ0v) is 12.5. The van der Waals surface area contributed by atoms with Crippen molar-refractivity contribution in [2.24, 2.45) is 0 Å². The largest absolute Gasteiger partial charge is 0.396 e. The van der Waals surface area contributed by atoms with E-state index in [1.807, 2.05) is 18.2 Å². The molecule has 0 fully saturated rings. The fraction of sp³-hybridized carbons (Fsp3) is 0.357. The third-order valence-corrected chi connectivity index (χ3v) is 3.61. The van der Waals surface area contributed by atoms with Crippen LogP contribution in [0.5, 0.6) is 0 Å². The highest BCUT2D eigenvalue weighted by atomic mass is 79.9. The molecule has 0 aliphatic heterocycles. The van der Waals surface area contributed by atoms with E-state index in [1.54, 1.807) is 6.20 Å². The van der Waals surface area contributed by atoms with Crippen molar-refractivity contribution in [3.63, 3.8) is 0 Å². The molecule has 2 aromatic rings. The molecule has 0 atom stereocenters. The van der Waals surface area contributed by atoms with E-state index in [2.05, 4.69) is 32.7 Å². The van der Waals surface area contributed by atoms with E-state index >= 15 is 0 Å². The molecule has 0 amide bonds. The maximum Gasteiger partial charge on any atom is 0.0745 e. The van der Waals surface area contributed by atoms with Gasteiger partial charge in [-0.25, -0.2) is 0 Å². The predicted octanol–water partition coefficient (Wildman–Crippen LogP) is 2.79. The van der Waals surface area contributed by atoms with Crippen LogP contribution in [0.25, 0.3) is 10.9 Å². The lowest BCUT2D eigenvalue weighted by atomic mass is 10.1. The average molecular weight is 324 g/mol. The summed E-state index contributed by atoms with van der Waals surface area (Å²) in [6, 6.07) is 5.98. The van der Waals surface area contributed by atoms with E-state index in [0.29, 0.717) is 5.69 Å². The van der Waals surface area contributed by atoms with Crippen molar-refractivity contribution in [1.82, 2.24) is 4.98 Å². The number of fused-ring (bicyclic) bond motifs is 1. The Morgan fingerprint density at radius 2 is 2.21 bits per heavy atom. The Kier molecular flexibility index (Phi) is 4.61. The number of anilines is 2. The van der Waals surface area contributed by atoms with Crippen LogP contribution >= 0.6 is 15.9 Å². The maximum absolute atomic E-state index is 9.01. The molecule has 0 aliphatic rings. The van der Waals surface area contributed by atoms with Crippen molar-refractivity contribution < 1.29 is 5.11 Å². The van der Waals surface area contributed by atoms with Gasteiger partial charge in [-0.1, -0.05) is 15.9 Å². The SMILES string of the molecule is CCN(CCCO)c1c(N)cnc2ccc(Br)cc12. The summed E-state index contributed by atoms with van der Waals surface area (Å²) in [5, 5.41) is 10.0. The summed E-state index contributed by atoms with van der Waals surface area (Å²) in [7, 11) is 0. The van der Waals surface area contributed by atoms with E-state index in [0.717, 1.165) is 40.6 Å². The standard InChI is InChI=1S/C14H18BrN3O/c1-2-18(6-3-7-19)14-11-8-10(15)4-5-13(11)17-9-12(14)16/h4-5,8-9,19H,2-3,6-7,16H2,1H3. The van der Waals surface area contributed by atoms with Gasteiger partial charge in [0.15, 0.2) is 0 Å². The molecule has 4 nitrogen and oxygen atoms in total. The van der Waals surface area contributed by atoms with Gasteiger partial charge in [0, 0.05) is 29.6 Å². The highest BCUT2D eigenvalue weighted by Gasteiger charge is 2.13. The summed E-state index contributed by atoms with van der Waals surface area (Å²) in [6.45, 7) is 3.89. The van der Waals surface area contributed by atoms with Gasteiger partial charge in [-0.05, 0) is 31.5 Å². The number of pyridine rings is 1. The van der Waals surface area contributed by atoms with E-state index in [9.17, 15) is 0 Å².